The van der Waals surface area contributed by atoms with Crippen LogP contribution >= 0.6 is 35.7 Å². The first-order valence-corrected chi connectivity index (χ1v) is 10.9. The van der Waals surface area contributed by atoms with E-state index in [1.165, 1.54) is 29.2 Å². The minimum atomic E-state index is -0.928. The standard InChI is InChI=1S/C17H20N2O6S3/c1-3-24-17(26)28-15(18-13(20)9-14(18)27-4-2)16(21)25-10-11-5-7-12(8-6-11)19(22)23/h5-8,14-15H,3-4,9-10H2,1-2H3. The smallest absolute Gasteiger partial charge is 0.340 e. The van der Waals surface area contributed by atoms with Crippen molar-refractivity contribution in [3.05, 3.63) is 39.9 Å². The molecule has 0 radical (unpaired) electrons. The van der Waals surface area contributed by atoms with Crippen LogP contribution in [-0.2, 0) is 25.7 Å². The molecule has 1 amide bonds. The van der Waals surface area contributed by atoms with Crippen LogP contribution in [0.5, 0.6) is 0 Å². The number of amides is 1. The van der Waals surface area contributed by atoms with Crippen LogP contribution in [0.15, 0.2) is 24.3 Å². The average molecular weight is 445 g/mol. The number of β-lactam (4-membered cyclic amide) rings is 1. The number of carbonyl (C=O) groups is 2. The first-order valence-electron chi connectivity index (χ1n) is 8.53. The number of benzene rings is 1. The van der Waals surface area contributed by atoms with Gasteiger partial charge in [0, 0.05) is 12.1 Å². The van der Waals surface area contributed by atoms with E-state index in [2.05, 4.69) is 0 Å². The SMILES string of the molecule is CCOC(=S)SC(C(=O)OCc1ccc([N+](=O)[O-])cc1)N1C(=O)CC1SCC. The number of hydrogen-bond acceptors (Lipinski definition) is 9. The quantitative estimate of drug-likeness (QED) is 0.187. The summed E-state index contributed by atoms with van der Waals surface area (Å²) in [4.78, 5) is 36.5. The Balaban J connectivity index is 2.06. The highest BCUT2D eigenvalue weighted by Gasteiger charge is 2.45. The van der Waals surface area contributed by atoms with Gasteiger partial charge in [0.25, 0.3) is 5.69 Å². The lowest BCUT2D eigenvalue weighted by Gasteiger charge is -2.43. The Hall–Kier alpha value is -1.85. The van der Waals surface area contributed by atoms with E-state index < -0.39 is 16.3 Å². The molecule has 2 atom stereocenters. The minimum Gasteiger partial charge on any atom is -0.479 e. The third-order valence-corrected chi connectivity index (χ3v) is 6.23. The minimum absolute atomic E-state index is 0.0452. The summed E-state index contributed by atoms with van der Waals surface area (Å²) in [7, 11) is 0. The number of carbonyl (C=O) groups excluding carboxylic acids is 2. The lowest BCUT2D eigenvalue weighted by molar-refractivity contribution is -0.384. The molecule has 152 valence electrons. The van der Waals surface area contributed by atoms with Gasteiger partial charge in [-0.25, -0.2) is 4.79 Å². The van der Waals surface area contributed by atoms with Crippen molar-refractivity contribution in [1.29, 1.82) is 0 Å². The van der Waals surface area contributed by atoms with Crippen LogP contribution in [0.25, 0.3) is 0 Å². The van der Waals surface area contributed by atoms with Gasteiger partial charge in [-0.15, -0.1) is 11.8 Å². The van der Waals surface area contributed by atoms with Crippen molar-refractivity contribution < 1.29 is 24.0 Å². The number of likely N-dealkylation sites (tertiary alicyclic amines) is 1. The fourth-order valence-corrected chi connectivity index (χ4v) is 4.84. The molecule has 0 N–H and O–H groups in total. The highest BCUT2D eigenvalue weighted by molar-refractivity contribution is 8.23. The summed E-state index contributed by atoms with van der Waals surface area (Å²) in [6, 6.07) is 5.71. The second-order valence-corrected chi connectivity index (χ2v) is 8.74. The predicted molar refractivity (Wildman–Crippen MR) is 112 cm³/mol. The molecule has 8 nitrogen and oxygen atoms in total. The van der Waals surface area contributed by atoms with Crippen LogP contribution in [0.4, 0.5) is 5.69 Å². The molecule has 28 heavy (non-hydrogen) atoms. The van der Waals surface area contributed by atoms with E-state index in [1.807, 2.05) is 6.92 Å². The number of esters is 1. The van der Waals surface area contributed by atoms with Crippen molar-refractivity contribution in [2.75, 3.05) is 12.4 Å². The molecule has 1 heterocycles. The molecule has 0 spiro atoms. The highest BCUT2D eigenvalue weighted by Crippen LogP contribution is 2.36. The van der Waals surface area contributed by atoms with E-state index in [0.29, 0.717) is 18.6 Å². The van der Waals surface area contributed by atoms with E-state index in [-0.39, 0.29) is 28.0 Å². The molecule has 1 saturated heterocycles. The van der Waals surface area contributed by atoms with Crippen LogP contribution < -0.4 is 0 Å². The number of non-ortho nitro benzene ring substituents is 1. The number of rotatable bonds is 9. The van der Waals surface area contributed by atoms with Gasteiger partial charge in [-0.3, -0.25) is 14.9 Å². The Morgan fingerprint density at radius 3 is 2.57 bits per heavy atom. The number of hydrogen-bond donors (Lipinski definition) is 0. The Kier molecular flexibility index (Phi) is 8.52. The number of nitrogens with zero attached hydrogens (tertiary/aromatic N) is 2. The molecule has 2 rings (SSSR count). The average Bonchev–Trinajstić information content (AvgIpc) is 2.65. The van der Waals surface area contributed by atoms with Gasteiger partial charge in [0.2, 0.25) is 10.3 Å². The van der Waals surface area contributed by atoms with Crippen molar-refractivity contribution >= 4 is 57.7 Å². The normalized spacial score (nSPS) is 16.9. The summed E-state index contributed by atoms with van der Waals surface area (Å²) < 4.78 is 10.8. The Bertz CT molecular complexity index is 741. The van der Waals surface area contributed by atoms with Crippen LogP contribution in [0.1, 0.15) is 25.8 Å². The van der Waals surface area contributed by atoms with Crippen molar-refractivity contribution in [1.82, 2.24) is 4.90 Å². The molecule has 1 aromatic rings. The van der Waals surface area contributed by atoms with Gasteiger partial charge in [0.05, 0.1) is 23.3 Å². The Labute approximate surface area is 176 Å². The topological polar surface area (TPSA) is 99.0 Å². The number of ether oxygens (including phenoxy) is 2. The third-order valence-electron chi connectivity index (χ3n) is 3.76. The van der Waals surface area contributed by atoms with Gasteiger partial charge in [0.15, 0.2) is 5.37 Å². The number of thiocarbonyl (C=S) groups is 1. The molecule has 1 aromatic carbocycles. The van der Waals surface area contributed by atoms with E-state index in [0.717, 1.165) is 17.5 Å². The molecular formula is C17H20N2O6S3. The van der Waals surface area contributed by atoms with E-state index in [4.69, 9.17) is 21.7 Å². The zero-order valence-corrected chi connectivity index (χ0v) is 17.8. The molecule has 11 heteroatoms. The fraction of sp³-hybridized carbons (Fsp3) is 0.471. The number of thioether (sulfide) groups is 2. The van der Waals surface area contributed by atoms with Gasteiger partial charge in [-0.2, -0.15) is 0 Å². The molecule has 0 bridgehead atoms. The van der Waals surface area contributed by atoms with Crippen LogP contribution in [-0.4, -0.2) is 49.2 Å². The number of nitro benzene ring substituents is 1. The van der Waals surface area contributed by atoms with Crippen LogP contribution in [0, 0.1) is 10.1 Å². The summed E-state index contributed by atoms with van der Waals surface area (Å²) in [6.07, 6.45) is 0.368. The van der Waals surface area contributed by atoms with Gasteiger partial charge in [0.1, 0.15) is 6.61 Å². The lowest BCUT2D eigenvalue weighted by Crippen LogP contribution is -2.58. The zero-order chi connectivity index (χ0) is 20.7. The summed E-state index contributed by atoms with van der Waals surface area (Å²) in [5, 5.41) is 9.67. The summed E-state index contributed by atoms with van der Waals surface area (Å²) in [5.74, 6) is 0.0507. The first kappa shape index (κ1) is 22.4. The molecule has 0 aliphatic carbocycles. The Morgan fingerprint density at radius 2 is 2.04 bits per heavy atom. The maximum absolute atomic E-state index is 12.7. The van der Waals surface area contributed by atoms with Crippen molar-refractivity contribution in [3.8, 4) is 0 Å². The zero-order valence-electron chi connectivity index (χ0n) is 15.4. The summed E-state index contributed by atoms with van der Waals surface area (Å²) >= 11 is 7.67. The van der Waals surface area contributed by atoms with Gasteiger partial charge in [-0.05, 0) is 54.4 Å². The van der Waals surface area contributed by atoms with E-state index >= 15 is 0 Å². The van der Waals surface area contributed by atoms with Gasteiger partial charge in [-0.1, -0.05) is 6.92 Å². The first-order chi connectivity index (χ1) is 13.4. The molecule has 1 aliphatic rings. The maximum atomic E-state index is 12.7. The van der Waals surface area contributed by atoms with Crippen molar-refractivity contribution in [2.24, 2.45) is 0 Å². The van der Waals surface area contributed by atoms with Crippen molar-refractivity contribution in [3.63, 3.8) is 0 Å². The van der Waals surface area contributed by atoms with Crippen molar-refractivity contribution in [2.45, 2.75) is 37.6 Å². The maximum Gasteiger partial charge on any atom is 0.340 e. The lowest BCUT2D eigenvalue weighted by atomic mass is 10.2. The monoisotopic (exact) mass is 444 g/mol. The molecular weight excluding hydrogens is 424 g/mol. The molecule has 0 saturated carbocycles. The second-order valence-electron chi connectivity index (χ2n) is 5.60. The molecule has 1 aliphatic heterocycles. The second kappa shape index (κ2) is 10.6. The predicted octanol–water partition coefficient (Wildman–Crippen LogP) is 3.33. The molecule has 0 aromatic heterocycles. The van der Waals surface area contributed by atoms with Gasteiger partial charge >= 0.3 is 5.97 Å². The summed E-state index contributed by atoms with van der Waals surface area (Å²) in [6.45, 7) is 4.05. The third kappa shape index (κ3) is 5.82. The van der Waals surface area contributed by atoms with Gasteiger partial charge < -0.3 is 14.4 Å². The largest absolute Gasteiger partial charge is 0.479 e. The fourth-order valence-electron chi connectivity index (χ4n) is 2.42. The molecule has 2 unspecified atom stereocenters. The highest BCUT2D eigenvalue weighted by atomic mass is 32.2. The van der Waals surface area contributed by atoms with Crippen LogP contribution in [0.2, 0.25) is 0 Å². The molecule has 1 fully saturated rings. The summed E-state index contributed by atoms with van der Waals surface area (Å²) in [5.41, 5.74) is 0.556. The van der Waals surface area contributed by atoms with Crippen LogP contribution in [0.3, 0.4) is 0 Å². The number of nitro groups is 1. The Morgan fingerprint density at radius 1 is 1.36 bits per heavy atom. The van der Waals surface area contributed by atoms with E-state index in [1.54, 1.807) is 18.7 Å². The van der Waals surface area contributed by atoms with E-state index in [9.17, 15) is 19.7 Å².